The maximum Gasteiger partial charge on any atom is 0.354 e. The Bertz CT molecular complexity index is 713. The van der Waals surface area contributed by atoms with Crippen LogP contribution in [0.3, 0.4) is 0 Å². The number of likely N-dealkylation sites (N-methyl/N-ethyl adjacent to an activating group) is 1. The Morgan fingerprint density at radius 2 is 2.09 bits per heavy atom. The number of methoxy groups -OCH3 is 1. The molecule has 23 heavy (non-hydrogen) atoms. The Hall–Kier alpha value is -1.82. The third-order valence-electron chi connectivity index (χ3n) is 4.73. The van der Waals surface area contributed by atoms with E-state index in [0.29, 0.717) is 11.7 Å². The van der Waals surface area contributed by atoms with Crippen molar-refractivity contribution in [2.45, 2.75) is 44.7 Å². The maximum absolute atomic E-state index is 12.7. The van der Waals surface area contributed by atoms with Gasteiger partial charge in [0.15, 0.2) is 0 Å². The standard InChI is InChI=1S/C17H22N2O3S/c1-18(12-6-4-3-5-7-12)16(20)11-19-13-8-9-23-15(13)10-14(19)17(21)22-2/h8-10,12H,3-7,11H2,1-2H3. The first kappa shape index (κ1) is 16.1. The number of hydrogen-bond acceptors (Lipinski definition) is 4. The summed E-state index contributed by atoms with van der Waals surface area (Å²) in [6.45, 7) is 0.178. The molecule has 1 fully saturated rings. The predicted octanol–water partition coefficient (Wildman–Crippen LogP) is 3.28. The van der Waals surface area contributed by atoms with E-state index in [2.05, 4.69) is 0 Å². The number of fused-ring (bicyclic) bond motifs is 1. The number of aromatic nitrogens is 1. The predicted molar refractivity (Wildman–Crippen MR) is 90.8 cm³/mol. The molecule has 124 valence electrons. The minimum atomic E-state index is -0.401. The number of carbonyl (C=O) groups excluding carboxylic acids is 2. The molecule has 1 saturated carbocycles. The number of rotatable bonds is 4. The molecule has 5 nitrogen and oxygen atoms in total. The van der Waals surface area contributed by atoms with Crippen molar-refractivity contribution in [3.63, 3.8) is 0 Å². The largest absolute Gasteiger partial charge is 0.464 e. The molecule has 0 spiro atoms. The van der Waals surface area contributed by atoms with Crippen LogP contribution in [0.1, 0.15) is 42.6 Å². The van der Waals surface area contributed by atoms with E-state index in [1.807, 2.05) is 23.4 Å². The Balaban J connectivity index is 1.83. The van der Waals surface area contributed by atoms with E-state index in [1.54, 1.807) is 22.0 Å². The highest BCUT2D eigenvalue weighted by Gasteiger charge is 2.24. The lowest BCUT2D eigenvalue weighted by Crippen LogP contribution is -2.40. The molecule has 0 aliphatic heterocycles. The Morgan fingerprint density at radius 1 is 1.35 bits per heavy atom. The van der Waals surface area contributed by atoms with Crippen LogP contribution >= 0.6 is 11.3 Å². The molecule has 0 radical (unpaired) electrons. The molecule has 0 atom stereocenters. The first-order valence-electron chi connectivity index (χ1n) is 8.02. The van der Waals surface area contributed by atoms with Gasteiger partial charge in [0.2, 0.25) is 5.91 Å². The molecule has 2 heterocycles. The molecule has 0 bridgehead atoms. The van der Waals surface area contributed by atoms with Gasteiger partial charge in [-0.25, -0.2) is 4.79 Å². The highest BCUT2D eigenvalue weighted by molar-refractivity contribution is 7.17. The minimum absolute atomic E-state index is 0.0470. The van der Waals surface area contributed by atoms with Crippen LogP contribution in [0.5, 0.6) is 0 Å². The van der Waals surface area contributed by atoms with Crippen molar-refractivity contribution < 1.29 is 14.3 Å². The van der Waals surface area contributed by atoms with E-state index in [-0.39, 0.29) is 12.5 Å². The van der Waals surface area contributed by atoms with Crippen LogP contribution in [0, 0.1) is 0 Å². The van der Waals surface area contributed by atoms with Gasteiger partial charge in [-0.1, -0.05) is 19.3 Å². The third-order valence-corrected chi connectivity index (χ3v) is 5.58. The molecular weight excluding hydrogens is 312 g/mol. The second-order valence-electron chi connectivity index (χ2n) is 6.07. The first-order valence-corrected chi connectivity index (χ1v) is 8.90. The zero-order chi connectivity index (χ0) is 16.4. The van der Waals surface area contributed by atoms with Crippen molar-refractivity contribution in [1.82, 2.24) is 9.47 Å². The molecule has 0 unspecified atom stereocenters. The number of thiophene rings is 1. The van der Waals surface area contributed by atoms with Crippen LogP contribution < -0.4 is 0 Å². The average Bonchev–Trinajstić information content (AvgIpc) is 3.16. The summed E-state index contributed by atoms with van der Waals surface area (Å²) < 4.78 is 7.63. The summed E-state index contributed by atoms with van der Waals surface area (Å²) in [7, 11) is 3.24. The van der Waals surface area contributed by atoms with Crippen LogP contribution in [-0.2, 0) is 16.1 Å². The monoisotopic (exact) mass is 334 g/mol. The lowest BCUT2D eigenvalue weighted by Gasteiger charge is -2.31. The topological polar surface area (TPSA) is 51.5 Å². The van der Waals surface area contributed by atoms with Gasteiger partial charge in [-0.15, -0.1) is 11.3 Å². The SMILES string of the molecule is COC(=O)c1cc2sccc2n1CC(=O)N(C)C1CCCCC1. The van der Waals surface area contributed by atoms with Gasteiger partial charge in [-0.3, -0.25) is 4.79 Å². The normalized spacial score (nSPS) is 15.7. The summed E-state index contributed by atoms with van der Waals surface area (Å²) >= 11 is 1.56. The molecule has 1 aliphatic carbocycles. The molecule has 0 N–H and O–H groups in total. The summed E-state index contributed by atoms with van der Waals surface area (Å²) in [5.41, 5.74) is 1.36. The zero-order valence-electron chi connectivity index (χ0n) is 13.6. The lowest BCUT2D eigenvalue weighted by atomic mass is 9.94. The summed E-state index contributed by atoms with van der Waals surface area (Å²) in [5, 5.41) is 1.97. The highest BCUT2D eigenvalue weighted by Crippen LogP contribution is 2.27. The highest BCUT2D eigenvalue weighted by atomic mass is 32.1. The number of carbonyl (C=O) groups is 2. The van der Waals surface area contributed by atoms with Crippen LogP contribution in [0.4, 0.5) is 0 Å². The number of nitrogens with zero attached hydrogens (tertiary/aromatic N) is 2. The molecule has 3 rings (SSSR count). The number of esters is 1. The van der Waals surface area contributed by atoms with Gasteiger partial charge in [0.1, 0.15) is 12.2 Å². The number of amides is 1. The molecule has 1 aliphatic rings. The van der Waals surface area contributed by atoms with Crippen molar-refractivity contribution in [1.29, 1.82) is 0 Å². The molecule has 0 saturated heterocycles. The molecule has 0 aromatic carbocycles. The number of hydrogen-bond donors (Lipinski definition) is 0. The zero-order valence-corrected chi connectivity index (χ0v) is 14.4. The summed E-state index contributed by atoms with van der Waals surface area (Å²) in [5.74, 6) is -0.354. The van der Waals surface area contributed by atoms with Crippen molar-refractivity contribution in [3.8, 4) is 0 Å². The van der Waals surface area contributed by atoms with E-state index >= 15 is 0 Å². The fourth-order valence-electron chi connectivity index (χ4n) is 3.34. The number of ether oxygens (including phenoxy) is 1. The fraction of sp³-hybridized carbons (Fsp3) is 0.529. The van der Waals surface area contributed by atoms with Gasteiger partial charge >= 0.3 is 5.97 Å². The lowest BCUT2D eigenvalue weighted by molar-refractivity contribution is -0.133. The van der Waals surface area contributed by atoms with Crippen LogP contribution in [0.25, 0.3) is 10.2 Å². The van der Waals surface area contributed by atoms with Crippen molar-refractivity contribution in [3.05, 3.63) is 23.2 Å². The smallest absolute Gasteiger partial charge is 0.354 e. The van der Waals surface area contributed by atoms with Gasteiger partial charge < -0.3 is 14.2 Å². The molecular formula is C17H22N2O3S. The van der Waals surface area contributed by atoms with Crippen molar-refractivity contribution in [2.75, 3.05) is 14.2 Å². The third kappa shape index (κ3) is 3.13. The first-order chi connectivity index (χ1) is 11.1. The summed E-state index contributed by atoms with van der Waals surface area (Å²) in [6.07, 6.45) is 5.79. The Morgan fingerprint density at radius 3 is 2.78 bits per heavy atom. The van der Waals surface area contributed by atoms with Crippen molar-refractivity contribution in [2.24, 2.45) is 0 Å². The molecule has 2 aromatic rings. The minimum Gasteiger partial charge on any atom is -0.464 e. The van der Waals surface area contributed by atoms with Crippen molar-refractivity contribution >= 4 is 33.4 Å². The van der Waals surface area contributed by atoms with E-state index in [0.717, 1.165) is 23.1 Å². The summed E-state index contributed by atoms with van der Waals surface area (Å²) in [4.78, 5) is 26.5. The van der Waals surface area contributed by atoms with E-state index < -0.39 is 5.97 Å². The van der Waals surface area contributed by atoms with Crippen LogP contribution in [-0.4, -0.2) is 41.5 Å². The summed E-state index contributed by atoms with van der Waals surface area (Å²) in [6, 6.07) is 4.08. The second kappa shape index (κ2) is 6.74. The maximum atomic E-state index is 12.7. The van der Waals surface area contributed by atoms with Gasteiger partial charge in [-0.2, -0.15) is 0 Å². The van der Waals surface area contributed by atoms with Crippen LogP contribution in [0.2, 0.25) is 0 Å². The molecule has 1 amide bonds. The molecule has 6 heteroatoms. The average molecular weight is 334 g/mol. The Kier molecular flexibility index (Phi) is 4.71. The van der Waals surface area contributed by atoms with Gasteiger partial charge in [-0.05, 0) is 30.4 Å². The van der Waals surface area contributed by atoms with Gasteiger partial charge in [0, 0.05) is 13.1 Å². The second-order valence-corrected chi connectivity index (χ2v) is 7.02. The van der Waals surface area contributed by atoms with E-state index in [4.69, 9.17) is 4.74 Å². The van der Waals surface area contributed by atoms with Gasteiger partial charge in [0.05, 0.1) is 17.3 Å². The van der Waals surface area contributed by atoms with Gasteiger partial charge in [0.25, 0.3) is 0 Å². The quantitative estimate of drug-likeness (QED) is 0.806. The van der Waals surface area contributed by atoms with Crippen LogP contribution in [0.15, 0.2) is 17.5 Å². The molecule has 2 aromatic heterocycles. The van der Waals surface area contributed by atoms with E-state index in [1.165, 1.54) is 26.4 Å². The van der Waals surface area contributed by atoms with E-state index in [9.17, 15) is 9.59 Å². The Labute approximate surface area is 139 Å². The fourth-order valence-corrected chi connectivity index (χ4v) is 4.16.